The van der Waals surface area contributed by atoms with E-state index in [1.165, 1.54) is 25.2 Å². The van der Waals surface area contributed by atoms with E-state index in [-0.39, 0.29) is 16.4 Å². The molecule has 0 aliphatic carbocycles. The third-order valence-corrected chi connectivity index (χ3v) is 3.24. The number of amides is 1. The molecule has 1 aromatic heterocycles. The summed E-state index contributed by atoms with van der Waals surface area (Å²) < 4.78 is 1.02. The van der Waals surface area contributed by atoms with Gasteiger partial charge in [0.1, 0.15) is 7.05 Å². The molecule has 0 aliphatic heterocycles. The van der Waals surface area contributed by atoms with Gasteiger partial charge in [0.05, 0.1) is 16.2 Å². The molecule has 1 heterocycles. The smallest absolute Gasteiger partial charge is 0.357 e. The number of aromatic nitrogens is 2. The van der Waals surface area contributed by atoms with Crippen molar-refractivity contribution in [3.05, 3.63) is 50.1 Å². The average Bonchev–Trinajstić information content (AvgIpc) is 2.76. The van der Waals surface area contributed by atoms with Crippen LogP contribution in [0.5, 0.6) is 0 Å². The third kappa shape index (κ3) is 2.73. The van der Waals surface area contributed by atoms with E-state index in [1.807, 2.05) is 0 Å². The van der Waals surface area contributed by atoms with Crippen LogP contribution in [0.3, 0.4) is 0 Å². The van der Waals surface area contributed by atoms with E-state index in [2.05, 4.69) is 10.4 Å². The van der Waals surface area contributed by atoms with Gasteiger partial charge in [0.15, 0.2) is 5.56 Å². The van der Waals surface area contributed by atoms with Crippen LogP contribution in [0.2, 0.25) is 10.0 Å². The molecule has 2 rings (SSSR count). The molecule has 1 N–H and O–H groups in total. The minimum atomic E-state index is -0.670. The lowest BCUT2D eigenvalue weighted by Crippen LogP contribution is -2.13. The van der Waals surface area contributed by atoms with Gasteiger partial charge >= 0.3 is 5.82 Å². The fraction of sp³-hybridized carbons (Fsp3) is 0.0909. The van der Waals surface area contributed by atoms with Crippen molar-refractivity contribution in [2.45, 2.75) is 0 Å². The van der Waals surface area contributed by atoms with Gasteiger partial charge in [-0.2, -0.15) is 0 Å². The predicted octanol–water partition coefficient (Wildman–Crippen LogP) is 2.89. The highest BCUT2D eigenvalue weighted by Crippen LogP contribution is 2.26. The van der Waals surface area contributed by atoms with Crippen molar-refractivity contribution in [1.82, 2.24) is 9.78 Å². The van der Waals surface area contributed by atoms with Crippen molar-refractivity contribution >= 4 is 40.6 Å². The van der Waals surface area contributed by atoms with Crippen molar-refractivity contribution in [1.29, 1.82) is 0 Å². The second kappa shape index (κ2) is 5.48. The highest BCUT2D eigenvalue weighted by atomic mass is 35.5. The molecular weight excluding hydrogens is 307 g/mol. The molecule has 0 fully saturated rings. The van der Waals surface area contributed by atoms with Gasteiger partial charge in [0.2, 0.25) is 0 Å². The molecule has 0 spiro atoms. The molecule has 7 nitrogen and oxygen atoms in total. The van der Waals surface area contributed by atoms with Crippen LogP contribution >= 0.6 is 23.2 Å². The molecule has 0 bridgehead atoms. The molecule has 0 radical (unpaired) electrons. The summed E-state index contributed by atoms with van der Waals surface area (Å²) in [6.07, 6.45) is 1.13. The standard InChI is InChI=1S/C11H8Cl2N4O3/c1-16-11(17(19)20)7(5-14-16)10(18)15-6-2-3-8(12)9(13)4-6/h2-5H,1H3,(H,15,18). The van der Waals surface area contributed by atoms with E-state index in [9.17, 15) is 14.9 Å². The Hall–Kier alpha value is -2.12. The van der Waals surface area contributed by atoms with Crippen LogP contribution in [0.25, 0.3) is 0 Å². The predicted molar refractivity (Wildman–Crippen MR) is 74.3 cm³/mol. The van der Waals surface area contributed by atoms with Gasteiger partial charge < -0.3 is 15.4 Å². The van der Waals surface area contributed by atoms with E-state index in [1.54, 1.807) is 0 Å². The van der Waals surface area contributed by atoms with Gasteiger partial charge in [0, 0.05) is 5.69 Å². The van der Waals surface area contributed by atoms with Crippen molar-refractivity contribution in [3.63, 3.8) is 0 Å². The lowest BCUT2D eigenvalue weighted by molar-refractivity contribution is -0.392. The number of aryl methyl sites for hydroxylation is 1. The molecule has 1 aromatic carbocycles. The molecule has 2 aromatic rings. The zero-order chi connectivity index (χ0) is 14.9. The topological polar surface area (TPSA) is 90.1 Å². The maximum Gasteiger partial charge on any atom is 0.357 e. The van der Waals surface area contributed by atoms with Crippen molar-refractivity contribution < 1.29 is 9.72 Å². The Morgan fingerprint density at radius 1 is 1.40 bits per heavy atom. The van der Waals surface area contributed by atoms with Crippen molar-refractivity contribution in [3.8, 4) is 0 Å². The van der Waals surface area contributed by atoms with E-state index in [0.29, 0.717) is 10.7 Å². The number of benzene rings is 1. The number of anilines is 1. The summed E-state index contributed by atoms with van der Waals surface area (Å²) >= 11 is 11.6. The first-order valence-corrected chi connectivity index (χ1v) is 6.08. The highest BCUT2D eigenvalue weighted by Gasteiger charge is 2.25. The average molecular weight is 315 g/mol. The Morgan fingerprint density at radius 3 is 2.70 bits per heavy atom. The van der Waals surface area contributed by atoms with E-state index < -0.39 is 10.8 Å². The van der Waals surface area contributed by atoms with Gasteiger partial charge in [0.25, 0.3) is 5.91 Å². The quantitative estimate of drug-likeness (QED) is 0.696. The summed E-state index contributed by atoms with van der Waals surface area (Å²) in [5, 5.41) is 17.7. The Morgan fingerprint density at radius 2 is 2.10 bits per heavy atom. The summed E-state index contributed by atoms with van der Waals surface area (Å²) in [6, 6.07) is 4.50. The van der Waals surface area contributed by atoms with Crippen LogP contribution in [-0.2, 0) is 7.05 Å². The number of carbonyl (C=O) groups excluding carboxylic acids is 1. The summed E-state index contributed by atoms with van der Waals surface area (Å²) in [5.41, 5.74) is 0.242. The Labute approximate surface area is 123 Å². The van der Waals surface area contributed by atoms with Gasteiger partial charge in [-0.1, -0.05) is 28.3 Å². The first-order chi connectivity index (χ1) is 9.40. The summed E-state index contributed by atoms with van der Waals surface area (Å²) in [7, 11) is 1.38. The zero-order valence-corrected chi connectivity index (χ0v) is 11.6. The normalized spacial score (nSPS) is 10.3. The van der Waals surface area contributed by atoms with Crippen LogP contribution in [0.15, 0.2) is 24.4 Å². The fourth-order valence-corrected chi connectivity index (χ4v) is 1.88. The molecule has 0 aliphatic rings. The fourth-order valence-electron chi connectivity index (χ4n) is 1.58. The third-order valence-electron chi connectivity index (χ3n) is 2.50. The molecule has 0 saturated heterocycles. The molecule has 20 heavy (non-hydrogen) atoms. The van der Waals surface area contributed by atoms with Gasteiger partial charge in [-0.3, -0.25) is 4.79 Å². The SMILES string of the molecule is Cn1ncc(C(=O)Nc2ccc(Cl)c(Cl)c2)c1[N+](=O)[O-]. The molecule has 1 amide bonds. The second-order valence-corrected chi connectivity index (χ2v) is 4.66. The first kappa shape index (κ1) is 14.3. The van der Waals surface area contributed by atoms with Crippen LogP contribution in [0.4, 0.5) is 11.5 Å². The van der Waals surface area contributed by atoms with Crippen LogP contribution in [0, 0.1) is 10.1 Å². The largest absolute Gasteiger partial charge is 0.358 e. The number of hydrogen-bond acceptors (Lipinski definition) is 4. The minimum Gasteiger partial charge on any atom is -0.358 e. The van der Waals surface area contributed by atoms with E-state index >= 15 is 0 Å². The van der Waals surface area contributed by atoms with Crippen LogP contribution < -0.4 is 5.32 Å². The lowest BCUT2D eigenvalue weighted by Gasteiger charge is -2.05. The van der Waals surface area contributed by atoms with Gasteiger partial charge in [-0.15, -0.1) is 4.68 Å². The summed E-state index contributed by atoms with van der Waals surface area (Å²) in [6.45, 7) is 0. The van der Waals surface area contributed by atoms with Gasteiger partial charge in [-0.25, -0.2) is 0 Å². The number of nitrogens with zero attached hydrogens (tertiary/aromatic N) is 3. The van der Waals surface area contributed by atoms with Gasteiger partial charge in [-0.05, 0) is 23.1 Å². The summed E-state index contributed by atoms with van der Waals surface area (Å²) in [5.74, 6) is -1.04. The maximum absolute atomic E-state index is 12.0. The molecule has 104 valence electrons. The second-order valence-electron chi connectivity index (χ2n) is 3.85. The Kier molecular flexibility index (Phi) is 3.91. The molecule has 0 unspecified atom stereocenters. The molecular formula is C11H8Cl2N4O3. The number of carbonyl (C=O) groups is 1. The monoisotopic (exact) mass is 314 g/mol. The number of hydrogen-bond donors (Lipinski definition) is 1. The highest BCUT2D eigenvalue weighted by molar-refractivity contribution is 6.42. The molecule has 9 heteroatoms. The number of nitrogens with one attached hydrogen (secondary N) is 1. The molecule has 0 saturated carbocycles. The van der Waals surface area contributed by atoms with Crippen molar-refractivity contribution in [2.24, 2.45) is 7.05 Å². The first-order valence-electron chi connectivity index (χ1n) is 5.33. The summed E-state index contributed by atoms with van der Waals surface area (Å²) in [4.78, 5) is 22.2. The Bertz CT molecular complexity index is 699. The van der Waals surface area contributed by atoms with Crippen LogP contribution in [-0.4, -0.2) is 20.6 Å². The zero-order valence-electron chi connectivity index (χ0n) is 10.1. The maximum atomic E-state index is 12.0. The Balaban J connectivity index is 2.28. The van der Waals surface area contributed by atoms with Crippen LogP contribution in [0.1, 0.15) is 10.4 Å². The number of nitro groups is 1. The van der Waals surface area contributed by atoms with E-state index in [0.717, 1.165) is 10.9 Å². The van der Waals surface area contributed by atoms with Crippen molar-refractivity contribution in [2.75, 3.05) is 5.32 Å². The minimum absolute atomic E-state index is 0.136. The number of halogens is 2. The number of rotatable bonds is 3. The lowest BCUT2D eigenvalue weighted by atomic mass is 10.2. The van der Waals surface area contributed by atoms with E-state index in [4.69, 9.17) is 23.2 Å². The molecule has 0 atom stereocenters.